The van der Waals surface area contributed by atoms with E-state index in [0.717, 1.165) is 60.9 Å². The fourth-order valence-corrected chi connectivity index (χ4v) is 6.10. The van der Waals surface area contributed by atoms with E-state index in [-0.39, 0.29) is 11.0 Å². The molecule has 33 heavy (non-hydrogen) atoms. The molecule has 0 amide bonds. The summed E-state index contributed by atoms with van der Waals surface area (Å²) < 4.78 is 34.5. The first-order valence-corrected chi connectivity index (χ1v) is 13.2. The van der Waals surface area contributed by atoms with Crippen LogP contribution < -0.4 is 9.62 Å². The molecule has 3 heterocycles. The van der Waals surface area contributed by atoms with E-state index in [4.69, 9.17) is 4.74 Å². The number of hydrogen-bond donors (Lipinski definition) is 1. The van der Waals surface area contributed by atoms with Gasteiger partial charge in [-0.3, -0.25) is 0 Å². The molecule has 3 aromatic rings. The minimum absolute atomic E-state index is 0.0552. The lowest BCUT2D eigenvalue weighted by atomic mass is 10.0. The van der Waals surface area contributed by atoms with Crippen LogP contribution in [0.3, 0.4) is 0 Å². The number of nitrogens with zero attached hydrogens (tertiary/aromatic N) is 3. The van der Waals surface area contributed by atoms with Crippen molar-refractivity contribution in [1.29, 1.82) is 0 Å². The monoisotopic (exact) mass is 466 g/mol. The molecular weight excluding hydrogens is 436 g/mol. The summed E-state index contributed by atoms with van der Waals surface area (Å²) in [6.07, 6.45) is 5.38. The Morgan fingerprint density at radius 3 is 2.58 bits per heavy atom. The third-order valence-corrected chi connectivity index (χ3v) is 8.17. The van der Waals surface area contributed by atoms with Gasteiger partial charge in [0, 0.05) is 42.6 Å². The molecule has 2 saturated heterocycles. The molecule has 2 fully saturated rings. The lowest BCUT2D eigenvalue weighted by Crippen LogP contribution is -2.32. The molecule has 2 aromatic carbocycles. The van der Waals surface area contributed by atoms with Gasteiger partial charge >= 0.3 is 0 Å². The fraction of sp³-hybridized carbons (Fsp3) is 0.440. The number of nitrogens with one attached hydrogen (secondary N) is 1. The number of fused-ring (bicyclic) bond motifs is 1. The summed E-state index contributed by atoms with van der Waals surface area (Å²) in [5, 5.41) is 11.2. The third-order valence-electron chi connectivity index (χ3n) is 6.60. The Kier molecular flexibility index (Phi) is 6.32. The second kappa shape index (κ2) is 9.37. The predicted octanol–water partition coefficient (Wildman–Crippen LogP) is 4.05. The molecule has 0 aliphatic carbocycles. The van der Waals surface area contributed by atoms with Gasteiger partial charge in [0.1, 0.15) is 5.69 Å². The molecule has 8 heteroatoms. The van der Waals surface area contributed by atoms with Crippen LogP contribution in [0.4, 0.5) is 5.82 Å². The van der Waals surface area contributed by atoms with Crippen molar-refractivity contribution in [3.8, 4) is 11.3 Å². The molecule has 0 bridgehead atoms. The second-order valence-corrected chi connectivity index (χ2v) is 10.7. The van der Waals surface area contributed by atoms with E-state index in [1.54, 1.807) is 6.07 Å². The first-order valence-electron chi connectivity index (χ1n) is 11.8. The summed E-state index contributed by atoms with van der Waals surface area (Å²) in [4.78, 5) is 2.58. The van der Waals surface area contributed by atoms with Gasteiger partial charge in [-0.15, -0.1) is 10.2 Å². The lowest BCUT2D eigenvalue weighted by molar-refractivity contribution is 0.114. The lowest BCUT2D eigenvalue weighted by Gasteiger charge is -2.28. The highest BCUT2D eigenvalue weighted by Gasteiger charge is 2.23. The molecule has 0 spiro atoms. The van der Waals surface area contributed by atoms with E-state index in [1.807, 2.05) is 37.3 Å². The van der Waals surface area contributed by atoms with Crippen molar-refractivity contribution in [2.24, 2.45) is 0 Å². The summed E-state index contributed by atoms with van der Waals surface area (Å²) in [7, 11) is -3.67. The van der Waals surface area contributed by atoms with Crippen molar-refractivity contribution < 1.29 is 13.2 Å². The molecule has 7 nitrogen and oxygen atoms in total. The normalized spacial score (nSPS) is 19.3. The second-order valence-electron chi connectivity index (χ2n) is 8.93. The van der Waals surface area contributed by atoms with Crippen LogP contribution in [0.5, 0.6) is 0 Å². The molecule has 1 atom stereocenters. The minimum atomic E-state index is -3.67. The van der Waals surface area contributed by atoms with E-state index in [0.29, 0.717) is 24.4 Å². The van der Waals surface area contributed by atoms with Crippen LogP contribution in [0.1, 0.15) is 37.7 Å². The average Bonchev–Trinajstić information content (AvgIpc) is 3.37. The Balaban J connectivity index is 1.51. The number of benzene rings is 2. The summed E-state index contributed by atoms with van der Waals surface area (Å²) in [6, 6.07) is 13.6. The summed E-state index contributed by atoms with van der Waals surface area (Å²) in [6.45, 7) is 4.77. The van der Waals surface area contributed by atoms with E-state index in [2.05, 4.69) is 25.9 Å². The number of hydrogen-bond acceptors (Lipinski definition) is 6. The molecule has 174 valence electrons. The van der Waals surface area contributed by atoms with Gasteiger partial charge in [0.25, 0.3) is 0 Å². The van der Waals surface area contributed by atoms with Crippen molar-refractivity contribution in [3.63, 3.8) is 0 Å². The predicted molar refractivity (Wildman–Crippen MR) is 130 cm³/mol. The van der Waals surface area contributed by atoms with Gasteiger partial charge in [-0.2, -0.15) is 0 Å². The zero-order valence-corrected chi connectivity index (χ0v) is 19.8. The highest BCUT2D eigenvalue weighted by molar-refractivity contribution is 7.89. The maximum absolute atomic E-state index is 13.1. The molecule has 0 radical (unpaired) electrons. The van der Waals surface area contributed by atoms with Crippen LogP contribution in [0, 0.1) is 6.92 Å². The van der Waals surface area contributed by atoms with Crippen LogP contribution in [-0.2, 0) is 14.8 Å². The number of piperidine rings is 1. The molecule has 0 saturated carbocycles. The smallest absolute Gasteiger partial charge is 0.240 e. The Morgan fingerprint density at radius 2 is 1.82 bits per heavy atom. The van der Waals surface area contributed by atoms with Crippen molar-refractivity contribution in [2.45, 2.75) is 50.0 Å². The molecule has 5 rings (SSSR count). The topological polar surface area (TPSA) is 84.4 Å². The van der Waals surface area contributed by atoms with Crippen molar-refractivity contribution >= 4 is 26.6 Å². The number of aryl methyl sites for hydroxylation is 1. The van der Waals surface area contributed by atoms with E-state index in [9.17, 15) is 8.42 Å². The molecular formula is C25H30N4O3S. The van der Waals surface area contributed by atoms with E-state index < -0.39 is 10.0 Å². The van der Waals surface area contributed by atoms with Gasteiger partial charge in [0.05, 0.1) is 11.0 Å². The quantitative estimate of drug-likeness (QED) is 0.590. The Labute approximate surface area is 195 Å². The van der Waals surface area contributed by atoms with Crippen LogP contribution in [0.15, 0.2) is 47.4 Å². The van der Waals surface area contributed by atoms with Crippen molar-refractivity contribution in [1.82, 2.24) is 14.9 Å². The fourth-order valence-electron chi connectivity index (χ4n) is 4.76. The largest absolute Gasteiger partial charge is 0.377 e. The van der Waals surface area contributed by atoms with E-state index >= 15 is 0 Å². The number of sulfonamides is 1. The number of anilines is 1. The highest BCUT2D eigenvalue weighted by Crippen LogP contribution is 2.33. The Bertz CT molecular complexity index is 1250. The number of ether oxygens (including phenoxy) is 1. The van der Waals surface area contributed by atoms with Crippen LogP contribution in [0.2, 0.25) is 0 Å². The Morgan fingerprint density at radius 1 is 1.03 bits per heavy atom. The van der Waals surface area contributed by atoms with Gasteiger partial charge in [0.2, 0.25) is 10.0 Å². The first kappa shape index (κ1) is 22.3. The first-order chi connectivity index (χ1) is 16.0. The summed E-state index contributed by atoms with van der Waals surface area (Å²) >= 11 is 0. The third kappa shape index (κ3) is 4.60. The maximum Gasteiger partial charge on any atom is 0.240 e. The molecule has 2 aliphatic heterocycles. The van der Waals surface area contributed by atoms with Crippen LogP contribution >= 0.6 is 0 Å². The zero-order chi connectivity index (χ0) is 22.8. The Hall–Kier alpha value is -2.55. The van der Waals surface area contributed by atoms with Gasteiger partial charge in [-0.25, -0.2) is 13.1 Å². The standard InChI is InChI=1S/C25H30N4O3S/c1-18-11-12-19(16-23(18)33(30,31)26-17-20-8-7-15-32-20)24-21-9-3-4-10-22(21)25(28-27-24)29-13-5-2-6-14-29/h3-4,9-12,16,20,26H,2,5-8,13-15,17H2,1H3/t20-/m1/s1. The molecule has 2 aliphatic rings. The van der Waals surface area contributed by atoms with E-state index in [1.165, 1.54) is 6.42 Å². The maximum atomic E-state index is 13.1. The van der Waals surface area contributed by atoms with Crippen LogP contribution in [0.25, 0.3) is 22.0 Å². The number of rotatable bonds is 6. The van der Waals surface area contributed by atoms with Gasteiger partial charge < -0.3 is 9.64 Å². The molecule has 1 N–H and O–H groups in total. The van der Waals surface area contributed by atoms with Crippen molar-refractivity contribution in [3.05, 3.63) is 48.0 Å². The van der Waals surface area contributed by atoms with Gasteiger partial charge in [-0.1, -0.05) is 36.4 Å². The SMILES string of the molecule is Cc1ccc(-c2nnc(N3CCCCC3)c3ccccc23)cc1S(=O)(=O)NC[C@H]1CCCO1. The summed E-state index contributed by atoms with van der Waals surface area (Å²) in [5.74, 6) is 0.909. The molecule has 1 aromatic heterocycles. The average molecular weight is 467 g/mol. The molecule has 0 unspecified atom stereocenters. The number of aromatic nitrogens is 2. The zero-order valence-electron chi connectivity index (χ0n) is 19.0. The van der Waals surface area contributed by atoms with Gasteiger partial charge in [0.15, 0.2) is 5.82 Å². The minimum Gasteiger partial charge on any atom is -0.377 e. The highest BCUT2D eigenvalue weighted by atomic mass is 32.2. The van der Waals surface area contributed by atoms with Crippen molar-refractivity contribution in [2.75, 3.05) is 31.1 Å². The van der Waals surface area contributed by atoms with Crippen LogP contribution in [-0.4, -0.2) is 51.0 Å². The van der Waals surface area contributed by atoms with Gasteiger partial charge in [-0.05, 0) is 50.7 Å². The summed E-state index contributed by atoms with van der Waals surface area (Å²) in [5.41, 5.74) is 2.13.